The van der Waals surface area contributed by atoms with E-state index in [1.807, 2.05) is 0 Å². The van der Waals surface area contributed by atoms with Gasteiger partial charge in [-0.2, -0.15) is 13.1 Å². The number of nitrogens with zero attached hydrogens (tertiary/aromatic N) is 4. The first kappa shape index (κ1) is 19.9. The minimum absolute atomic E-state index is 0.0635. The summed E-state index contributed by atoms with van der Waals surface area (Å²) in [7, 11) is -4.50. The Morgan fingerprint density at radius 2 is 2.11 bits per heavy atom. The number of nitrogen functional groups attached to an aromatic ring is 1. The zero-order valence-electron chi connectivity index (χ0n) is 13.6. The SMILES string of the molecule is Nc1ncnc2c1c(OCCCl)nn2[C@@H]1O[C@H](CNS(=O)(=O)O)[C@@H](O)[C@H]1O. The Hall–Kier alpha value is -1.81. The predicted octanol–water partition coefficient (Wildman–Crippen LogP) is -1.96. The van der Waals surface area contributed by atoms with E-state index in [1.165, 1.54) is 6.33 Å². The number of hydrogen-bond donors (Lipinski definition) is 5. The molecule has 0 aromatic carbocycles. The number of aromatic nitrogens is 4. The molecule has 0 saturated carbocycles. The number of halogens is 1. The maximum absolute atomic E-state index is 10.8. The first-order valence-corrected chi connectivity index (χ1v) is 9.61. The molecule has 150 valence electrons. The lowest BCUT2D eigenvalue weighted by molar-refractivity contribution is -0.0407. The molecule has 0 bridgehead atoms. The van der Waals surface area contributed by atoms with Crippen LogP contribution in [0, 0.1) is 0 Å². The summed E-state index contributed by atoms with van der Waals surface area (Å²) in [5, 5.41) is 24.9. The Morgan fingerprint density at radius 1 is 1.37 bits per heavy atom. The average Bonchev–Trinajstić information content (AvgIpc) is 3.10. The van der Waals surface area contributed by atoms with Crippen molar-refractivity contribution in [3.05, 3.63) is 6.33 Å². The molecule has 0 spiro atoms. The fourth-order valence-corrected chi connectivity index (χ4v) is 3.12. The van der Waals surface area contributed by atoms with E-state index in [1.54, 1.807) is 4.72 Å². The highest BCUT2D eigenvalue weighted by Crippen LogP contribution is 2.35. The number of anilines is 1. The summed E-state index contributed by atoms with van der Waals surface area (Å²) in [4.78, 5) is 7.92. The molecule has 1 aliphatic rings. The Bertz CT molecular complexity index is 924. The molecule has 1 aliphatic heterocycles. The summed E-state index contributed by atoms with van der Waals surface area (Å²) in [6, 6.07) is 0. The normalized spacial score (nSPS) is 25.9. The van der Waals surface area contributed by atoms with Gasteiger partial charge in [0.1, 0.15) is 42.5 Å². The first-order valence-electron chi connectivity index (χ1n) is 7.64. The van der Waals surface area contributed by atoms with Crippen LogP contribution in [0.1, 0.15) is 6.23 Å². The average molecular weight is 425 g/mol. The summed E-state index contributed by atoms with van der Waals surface area (Å²) in [6.07, 6.45) is -4.14. The molecule has 0 amide bonds. The molecule has 4 atom stereocenters. The fourth-order valence-electron chi connectivity index (χ4n) is 2.66. The van der Waals surface area contributed by atoms with Gasteiger partial charge in [-0.3, -0.25) is 4.55 Å². The van der Waals surface area contributed by atoms with Crippen LogP contribution in [-0.4, -0.2) is 80.3 Å². The van der Waals surface area contributed by atoms with E-state index >= 15 is 0 Å². The largest absolute Gasteiger partial charge is 0.475 e. The Kier molecular flexibility index (Phi) is 5.66. The van der Waals surface area contributed by atoms with Crippen LogP contribution >= 0.6 is 11.6 Å². The van der Waals surface area contributed by atoms with Gasteiger partial charge in [0, 0.05) is 6.54 Å². The molecule has 1 fully saturated rings. The van der Waals surface area contributed by atoms with Gasteiger partial charge < -0.3 is 25.4 Å². The van der Waals surface area contributed by atoms with Crippen LogP contribution in [0.3, 0.4) is 0 Å². The van der Waals surface area contributed by atoms with Crippen molar-refractivity contribution < 1.29 is 32.7 Å². The minimum Gasteiger partial charge on any atom is -0.475 e. The van der Waals surface area contributed by atoms with Gasteiger partial charge >= 0.3 is 10.3 Å². The molecule has 13 nitrogen and oxygen atoms in total. The molecule has 0 unspecified atom stereocenters. The highest BCUT2D eigenvalue weighted by Gasteiger charge is 2.45. The van der Waals surface area contributed by atoms with Crippen molar-refractivity contribution in [3.63, 3.8) is 0 Å². The topological polar surface area (TPSA) is 195 Å². The van der Waals surface area contributed by atoms with Gasteiger partial charge in [-0.1, -0.05) is 0 Å². The van der Waals surface area contributed by atoms with E-state index in [2.05, 4.69) is 15.1 Å². The second-order valence-corrected chi connectivity index (χ2v) is 7.23. The maximum atomic E-state index is 10.8. The van der Waals surface area contributed by atoms with Crippen molar-refractivity contribution in [1.82, 2.24) is 24.5 Å². The molecule has 27 heavy (non-hydrogen) atoms. The van der Waals surface area contributed by atoms with Crippen LogP contribution in [0.2, 0.25) is 0 Å². The maximum Gasteiger partial charge on any atom is 0.333 e. The van der Waals surface area contributed by atoms with Crippen LogP contribution in [0.4, 0.5) is 5.82 Å². The molecule has 0 aliphatic carbocycles. The third-order valence-electron chi connectivity index (χ3n) is 3.85. The van der Waals surface area contributed by atoms with Gasteiger partial charge in [-0.25, -0.2) is 14.6 Å². The van der Waals surface area contributed by atoms with Crippen molar-refractivity contribution in [2.45, 2.75) is 24.5 Å². The summed E-state index contributed by atoms with van der Waals surface area (Å²) >= 11 is 5.61. The number of nitrogens with one attached hydrogen (secondary N) is 1. The molecule has 2 aromatic heterocycles. The van der Waals surface area contributed by atoms with E-state index in [4.69, 9.17) is 31.4 Å². The molecule has 3 heterocycles. The van der Waals surface area contributed by atoms with E-state index in [-0.39, 0.29) is 35.2 Å². The second-order valence-electron chi connectivity index (χ2n) is 5.61. The van der Waals surface area contributed by atoms with Crippen molar-refractivity contribution in [2.24, 2.45) is 0 Å². The van der Waals surface area contributed by atoms with Gasteiger partial charge in [-0.05, 0) is 0 Å². The fraction of sp³-hybridized carbons (Fsp3) is 0.583. The summed E-state index contributed by atoms with van der Waals surface area (Å²) in [6.45, 7) is -0.348. The zero-order chi connectivity index (χ0) is 19.8. The minimum atomic E-state index is -4.50. The number of hydrogen-bond acceptors (Lipinski definition) is 10. The van der Waals surface area contributed by atoms with Gasteiger partial charge in [0.2, 0.25) is 5.88 Å². The molecule has 3 rings (SSSR count). The molecule has 0 radical (unpaired) electrons. The van der Waals surface area contributed by atoms with E-state index in [0.717, 1.165) is 4.68 Å². The van der Waals surface area contributed by atoms with Crippen LogP contribution in [0.15, 0.2) is 6.33 Å². The Labute approximate surface area is 157 Å². The van der Waals surface area contributed by atoms with Crippen molar-refractivity contribution in [3.8, 4) is 5.88 Å². The molecule has 1 saturated heterocycles. The number of ether oxygens (including phenoxy) is 2. The van der Waals surface area contributed by atoms with E-state index < -0.39 is 41.4 Å². The van der Waals surface area contributed by atoms with Crippen molar-refractivity contribution >= 4 is 38.8 Å². The molecular weight excluding hydrogens is 408 g/mol. The van der Waals surface area contributed by atoms with Gasteiger partial charge in [0.15, 0.2) is 11.9 Å². The second kappa shape index (κ2) is 7.67. The zero-order valence-corrected chi connectivity index (χ0v) is 15.2. The van der Waals surface area contributed by atoms with Crippen LogP contribution < -0.4 is 15.2 Å². The number of aliphatic hydroxyl groups excluding tert-OH is 2. The monoisotopic (exact) mass is 424 g/mol. The smallest absolute Gasteiger partial charge is 0.333 e. The van der Waals surface area contributed by atoms with Crippen molar-refractivity contribution in [1.29, 1.82) is 0 Å². The third kappa shape index (κ3) is 4.06. The van der Waals surface area contributed by atoms with Gasteiger partial charge in [0.05, 0.1) is 5.88 Å². The van der Waals surface area contributed by atoms with Gasteiger partial charge in [-0.15, -0.1) is 16.7 Å². The van der Waals surface area contributed by atoms with Crippen LogP contribution in [0.25, 0.3) is 11.0 Å². The van der Waals surface area contributed by atoms with E-state index in [0.29, 0.717) is 0 Å². The number of fused-ring (bicyclic) bond motifs is 1. The van der Waals surface area contributed by atoms with Gasteiger partial charge in [0.25, 0.3) is 0 Å². The number of aliphatic hydroxyl groups is 2. The van der Waals surface area contributed by atoms with Crippen LogP contribution in [0.5, 0.6) is 5.88 Å². The third-order valence-corrected chi connectivity index (χ3v) is 4.53. The van der Waals surface area contributed by atoms with Crippen molar-refractivity contribution in [2.75, 3.05) is 24.8 Å². The number of rotatable bonds is 7. The summed E-state index contributed by atoms with van der Waals surface area (Å²) < 4.78 is 44.3. The highest BCUT2D eigenvalue weighted by molar-refractivity contribution is 7.83. The molecule has 6 N–H and O–H groups in total. The lowest BCUT2D eigenvalue weighted by atomic mass is 10.1. The first-order chi connectivity index (χ1) is 12.7. The quantitative estimate of drug-likeness (QED) is 0.244. The number of alkyl halides is 1. The summed E-state index contributed by atoms with van der Waals surface area (Å²) in [5.41, 5.74) is 6.02. The lowest BCUT2D eigenvalue weighted by Crippen LogP contribution is -2.39. The summed E-state index contributed by atoms with van der Waals surface area (Å²) in [5.74, 6) is 0.328. The Balaban J connectivity index is 1.93. The molecule has 15 heteroatoms. The predicted molar refractivity (Wildman–Crippen MR) is 91.4 cm³/mol. The molecule has 2 aromatic rings. The molecular formula is C12H17ClN6O7S. The van der Waals surface area contributed by atoms with Crippen LogP contribution in [-0.2, 0) is 15.0 Å². The standard InChI is InChI=1S/C12H17ClN6O7S/c13-1-2-25-11-6-9(14)15-4-16-10(6)19(18-11)12-8(21)7(20)5(26-12)3-17-27(22,23)24/h4-5,7-8,12,17,20-21H,1-3H2,(H2,14,15,16)(H,22,23,24)/t5-,7-,8-,12-/m1/s1. The lowest BCUT2D eigenvalue weighted by Gasteiger charge is -2.15. The highest BCUT2D eigenvalue weighted by atomic mass is 35.5. The van der Waals surface area contributed by atoms with E-state index in [9.17, 15) is 18.6 Å². The number of nitrogens with two attached hydrogens (primary N) is 1. The Morgan fingerprint density at radius 3 is 2.78 bits per heavy atom.